The number of likely N-dealkylation sites (N-methyl/N-ethyl adjacent to an activating group) is 1. The van der Waals surface area contributed by atoms with Gasteiger partial charge in [-0.1, -0.05) is 6.92 Å². The fraction of sp³-hybridized carbons (Fsp3) is 0.714. The summed E-state index contributed by atoms with van der Waals surface area (Å²) in [5.74, 6) is 3.12. The average molecular weight is 261 g/mol. The van der Waals surface area contributed by atoms with Crippen molar-refractivity contribution < 1.29 is 0 Å². The fourth-order valence-corrected chi connectivity index (χ4v) is 2.83. The van der Waals surface area contributed by atoms with Crippen LogP contribution in [-0.4, -0.2) is 47.1 Å². The van der Waals surface area contributed by atoms with E-state index in [1.54, 1.807) is 0 Å². The number of hydrogen-bond donors (Lipinski definition) is 1. The van der Waals surface area contributed by atoms with Gasteiger partial charge in [-0.2, -0.15) is 0 Å². The van der Waals surface area contributed by atoms with Crippen LogP contribution in [0.3, 0.4) is 0 Å². The lowest BCUT2D eigenvalue weighted by atomic mass is 10.2. The Labute approximate surface area is 114 Å². The van der Waals surface area contributed by atoms with Gasteiger partial charge in [-0.3, -0.25) is 4.90 Å². The first-order valence-electron chi connectivity index (χ1n) is 7.31. The van der Waals surface area contributed by atoms with E-state index in [1.807, 2.05) is 6.07 Å². The number of anilines is 2. The molecule has 19 heavy (non-hydrogen) atoms. The van der Waals surface area contributed by atoms with Gasteiger partial charge < -0.3 is 10.6 Å². The Kier molecular flexibility index (Phi) is 3.31. The van der Waals surface area contributed by atoms with Crippen molar-refractivity contribution in [2.24, 2.45) is 0 Å². The lowest BCUT2D eigenvalue weighted by Crippen LogP contribution is -2.52. The topological polar surface area (TPSA) is 58.3 Å². The van der Waals surface area contributed by atoms with Gasteiger partial charge >= 0.3 is 0 Å². The monoisotopic (exact) mass is 261 g/mol. The first-order chi connectivity index (χ1) is 9.17. The second kappa shape index (κ2) is 4.96. The van der Waals surface area contributed by atoms with Crippen molar-refractivity contribution >= 4 is 11.6 Å². The van der Waals surface area contributed by atoms with Crippen molar-refractivity contribution in [3.05, 3.63) is 11.9 Å². The minimum absolute atomic E-state index is 0.552. The van der Waals surface area contributed by atoms with Crippen LogP contribution in [0.25, 0.3) is 0 Å². The molecule has 5 heteroatoms. The first kappa shape index (κ1) is 12.7. The maximum atomic E-state index is 5.93. The van der Waals surface area contributed by atoms with Crippen LogP contribution < -0.4 is 10.6 Å². The maximum absolute atomic E-state index is 5.93. The lowest BCUT2D eigenvalue weighted by Gasteiger charge is -2.40. The molecule has 1 saturated carbocycles. The minimum atomic E-state index is 0.552. The molecule has 2 heterocycles. The van der Waals surface area contributed by atoms with Gasteiger partial charge in [0, 0.05) is 37.7 Å². The quantitative estimate of drug-likeness (QED) is 0.893. The maximum Gasteiger partial charge on any atom is 0.136 e. The van der Waals surface area contributed by atoms with Gasteiger partial charge in [0.25, 0.3) is 0 Å². The van der Waals surface area contributed by atoms with E-state index >= 15 is 0 Å². The van der Waals surface area contributed by atoms with Gasteiger partial charge in [0.15, 0.2) is 0 Å². The summed E-state index contributed by atoms with van der Waals surface area (Å²) >= 11 is 0. The largest absolute Gasteiger partial charge is 0.384 e. The first-order valence-corrected chi connectivity index (χ1v) is 7.31. The zero-order valence-electron chi connectivity index (χ0n) is 11.8. The van der Waals surface area contributed by atoms with Gasteiger partial charge in [0.2, 0.25) is 0 Å². The molecule has 1 unspecified atom stereocenters. The molecule has 0 amide bonds. The molecule has 0 bridgehead atoms. The Morgan fingerprint density at radius 2 is 2.11 bits per heavy atom. The molecule has 2 N–H and O–H groups in total. The molecule has 1 saturated heterocycles. The molecule has 0 aromatic carbocycles. The Balaban J connectivity index is 1.78. The molecule has 2 aliphatic rings. The molecule has 0 spiro atoms. The second-order valence-corrected chi connectivity index (χ2v) is 5.71. The Morgan fingerprint density at radius 1 is 1.32 bits per heavy atom. The fourth-order valence-electron chi connectivity index (χ4n) is 2.83. The number of nitrogen functional groups attached to an aromatic ring is 1. The summed E-state index contributed by atoms with van der Waals surface area (Å²) in [5, 5.41) is 0. The lowest BCUT2D eigenvalue weighted by molar-refractivity contribution is 0.199. The number of nitrogens with two attached hydrogens (primary N) is 1. The summed E-state index contributed by atoms with van der Waals surface area (Å²) in [7, 11) is 0. The smallest absolute Gasteiger partial charge is 0.136 e. The highest BCUT2D eigenvalue weighted by molar-refractivity contribution is 5.48. The normalized spacial score (nSPS) is 24.7. The molecule has 5 nitrogen and oxygen atoms in total. The summed E-state index contributed by atoms with van der Waals surface area (Å²) in [5.41, 5.74) is 5.93. The van der Waals surface area contributed by atoms with E-state index in [4.69, 9.17) is 10.7 Å². The molecule has 1 aromatic heterocycles. The van der Waals surface area contributed by atoms with Gasteiger partial charge in [0.1, 0.15) is 17.5 Å². The number of nitrogens with zero attached hydrogens (tertiary/aromatic N) is 4. The number of aromatic nitrogens is 2. The molecular weight excluding hydrogens is 238 g/mol. The molecule has 1 aliphatic carbocycles. The highest BCUT2D eigenvalue weighted by Crippen LogP contribution is 2.39. The molecule has 1 aromatic rings. The van der Waals surface area contributed by atoms with Crippen LogP contribution in [0.2, 0.25) is 0 Å². The SMILES string of the molecule is CCN1CCN(c2cc(N)nc(C3CC3)n2)CC1C. The van der Waals surface area contributed by atoms with Crippen LogP contribution in [0, 0.1) is 0 Å². The summed E-state index contributed by atoms with van der Waals surface area (Å²) in [6.07, 6.45) is 2.42. The minimum Gasteiger partial charge on any atom is -0.384 e. The van der Waals surface area contributed by atoms with Crippen molar-refractivity contribution in [2.75, 3.05) is 36.8 Å². The van der Waals surface area contributed by atoms with E-state index in [1.165, 1.54) is 12.8 Å². The number of piperazine rings is 1. The predicted octanol–water partition coefficient (Wildman–Crippen LogP) is 1.47. The van der Waals surface area contributed by atoms with E-state index in [9.17, 15) is 0 Å². The molecule has 2 fully saturated rings. The van der Waals surface area contributed by atoms with E-state index in [2.05, 4.69) is 28.6 Å². The third-order valence-corrected chi connectivity index (χ3v) is 4.19. The van der Waals surface area contributed by atoms with Crippen LogP contribution >= 0.6 is 0 Å². The standard InChI is InChI=1S/C14H23N5/c1-3-18-6-7-19(9-10(18)2)13-8-12(15)16-14(17-13)11-4-5-11/h8,10-11H,3-7,9H2,1-2H3,(H2,15,16,17). The van der Waals surface area contributed by atoms with Crippen LogP contribution in [-0.2, 0) is 0 Å². The van der Waals surface area contributed by atoms with E-state index in [0.29, 0.717) is 17.8 Å². The van der Waals surface area contributed by atoms with Crippen molar-refractivity contribution in [3.63, 3.8) is 0 Å². The summed E-state index contributed by atoms with van der Waals surface area (Å²) in [4.78, 5) is 13.9. The summed E-state index contributed by atoms with van der Waals surface area (Å²) in [6.45, 7) is 8.77. The third kappa shape index (κ3) is 2.66. The second-order valence-electron chi connectivity index (χ2n) is 5.71. The van der Waals surface area contributed by atoms with Crippen molar-refractivity contribution in [2.45, 2.75) is 38.6 Å². The Bertz CT molecular complexity index is 457. The highest BCUT2D eigenvalue weighted by atomic mass is 15.3. The number of rotatable bonds is 3. The zero-order chi connectivity index (χ0) is 13.4. The van der Waals surface area contributed by atoms with E-state index in [0.717, 1.165) is 37.8 Å². The van der Waals surface area contributed by atoms with Crippen LogP contribution in [0.15, 0.2) is 6.07 Å². The van der Waals surface area contributed by atoms with Gasteiger partial charge in [-0.25, -0.2) is 9.97 Å². The van der Waals surface area contributed by atoms with Crippen LogP contribution in [0.4, 0.5) is 11.6 Å². The van der Waals surface area contributed by atoms with Crippen molar-refractivity contribution in [1.29, 1.82) is 0 Å². The third-order valence-electron chi connectivity index (χ3n) is 4.19. The zero-order valence-corrected chi connectivity index (χ0v) is 11.8. The average Bonchev–Trinajstić information content (AvgIpc) is 3.22. The van der Waals surface area contributed by atoms with E-state index in [-0.39, 0.29) is 0 Å². The molecular formula is C14H23N5. The van der Waals surface area contributed by atoms with Gasteiger partial charge in [-0.15, -0.1) is 0 Å². The highest BCUT2D eigenvalue weighted by Gasteiger charge is 2.29. The molecule has 0 radical (unpaired) electrons. The summed E-state index contributed by atoms with van der Waals surface area (Å²) < 4.78 is 0. The summed E-state index contributed by atoms with van der Waals surface area (Å²) in [6, 6.07) is 2.49. The van der Waals surface area contributed by atoms with Crippen molar-refractivity contribution in [3.8, 4) is 0 Å². The molecule has 1 atom stereocenters. The number of hydrogen-bond acceptors (Lipinski definition) is 5. The van der Waals surface area contributed by atoms with Crippen LogP contribution in [0.5, 0.6) is 0 Å². The van der Waals surface area contributed by atoms with Gasteiger partial charge in [0.05, 0.1) is 0 Å². The Hall–Kier alpha value is -1.36. The van der Waals surface area contributed by atoms with E-state index < -0.39 is 0 Å². The predicted molar refractivity (Wildman–Crippen MR) is 77.3 cm³/mol. The molecule has 104 valence electrons. The molecule has 3 rings (SSSR count). The molecule has 1 aliphatic heterocycles. The Morgan fingerprint density at radius 3 is 2.74 bits per heavy atom. The van der Waals surface area contributed by atoms with Crippen LogP contribution in [0.1, 0.15) is 38.4 Å². The van der Waals surface area contributed by atoms with Gasteiger partial charge in [-0.05, 0) is 26.3 Å². The van der Waals surface area contributed by atoms with Crippen molar-refractivity contribution in [1.82, 2.24) is 14.9 Å².